The molecule has 1 aromatic rings. The Bertz CT molecular complexity index is 286. The van der Waals surface area contributed by atoms with Crippen molar-refractivity contribution in [1.82, 2.24) is 10.3 Å². The number of aromatic nitrogens is 1. The van der Waals surface area contributed by atoms with Gasteiger partial charge >= 0.3 is 0 Å². The molecule has 2 nitrogen and oxygen atoms in total. The van der Waals surface area contributed by atoms with E-state index in [2.05, 4.69) is 28.5 Å². The monoisotopic (exact) mass is 188 g/mol. The first-order valence-electron chi connectivity index (χ1n) is 5.25. The smallest absolute Gasteiger partial charge is 0.0340 e. The standard InChI is InChI=1S/C12H16N2/c1(6-12-7-3-9-14-12)4-11-5-2-8-13-10-11/h1-2,4-5,8,10,12,14H,3,6-7,9H2/t12-/m1/s1. The summed E-state index contributed by atoms with van der Waals surface area (Å²) in [5.41, 5.74) is 1.19. The largest absolute Gasteiger partial charge is 0.314 e. The van der Waals surface area contributed by atoms with Gasteiger partial charge in [0.1, 0.15) is 0 Å². The predicted molar refractivity (Wildman–Crippen MR) is 58.9 cm³/mol. The lowest BCUT2D eigenvalue weighted by atomic mass is 10.1. The second-order valence-corrected chi connectivity index (χ2v) is 3.72. The molecule has 1 N–H and O–H groups in total. The molecular formula is C12H16N2. The van der Waals surface area contributed by atoms with E-state index in [4.69, 9.17) is 0 Å². The molecule has 0 aromatic carbocycles. The second kappa shape index (κ2) is 4.91. The van der Waals surface area contributed by atoms with Crippen LogP contribution in [0.5, 0.6) is 0 Å². The summed E-state index contributed by atoms with van der Waals surface area (Å²) < 4.78 is 0. The summed E-state index contributed by atoms with van der Waals surface area (Å²) in [6, 6.07) is 4.74. The SMILES string of the molecule is C(=Cc1cccnc1)C[C@@H]1CCCN1. The zero-order valence-corrected chi connectivity index (χ0v) is 8.32. The zero-order chi connectivity index (χ0) is 9.64. The summed E-state index contributed by atoms with van der Waals surface area (Å²) in [7, 11) is 0. The number of nitrogens with one attached hydrogen (secondary N) is 1. The van der Waals surface area contributed by atoms with Gasteiger partial charge in [-0.1, -0.05) is 18.2 Å². The van der Waals surface area contributed by atoms with Crippen molar-refractivity contribution in [2.24, 2.45) is 0 Å². The number of hydrogen-bond donors (Lipinski definition) is 1. The third-order valence-corrected chi connectivity index (χ3v) is 2.58. The first-order valence-corrected chi connectivity index (χ1v) is 5.25. The molecule has 0 radical (unpaired) electrons. The summed E-state index contributed by atoms with van der Waals surface area (Å²) in [5.74, 6) is 0. The van der Waals surface area contributed by atoms with E-state index in [1.807, 2.05) is 12.3 Å². The van der Waals surface area contributed by atoms with Crippen molar-refractivity contribution in [3.05, 3.63) is 36.2 Å². The van der Waals surface area contributed by atoms with Gasteiger partial charge < -0.3 is 5.32 Å². The Kier molecular flexibility index (Phi) is 3.30. The molecule has 0 saturated carbocycles. The highest BCUT2D eigenvalue weighted by Gasteiger charge is 2.11. The normalized spacial score (nSPS) is 21.9. The Morgan fingerprint density at radius 3 is 3.29 bits per heavy atom. The molecule has 74 valence electrons. The van der Waals surface area contributed by atoms with Crippen molar-refractivity contribution in [3.63, 3.8) is 0 Å². The van der Waals surface area contributed by atoms with Crippen LogP contribution in [0.2, 0.25) is 0 Å². The lowest BCUT2D eigenvalue weighted by Crippen LogP contribution is -2.19. The summed E-state index contributed by atoms with van der Waals surface area (Å²) in [4.78, 5) is 4.07. The Hall–Kier alpha value is -1.15. The number of pyridine rings is 1. The van der Waals surface area contributed by atoms with Crippen LogP contribution in [0.3, 0.4) is 0 Å². The summed E-state index contributed by atoms with van der Waals surface area (Å²) in [6.45, 7) is 1.19. The molecule has 1 aliphatic heterocycles. The first kappa shape index (κ1) is 9.41. The zero-order valence-electron chi connectivity index (χ0n) is 8.32. The van der Waals surface area contributed by atoms with Crippen LogP contribution in [0.25, 0.3) is 6.08 Å². The van der Waals surface area contributed by atoms with Crippen LogP contribution in [-0.4, -0.2) is 17.6 Å². The van der Waals surface area contributed by atoms with Gasteiger partial charge in [-0.25, -0.2) is 0 Å². The quantitative estimate of drug-likeness (QED) is 0.787. The lowest BCUT2D eigenvalue weighted by molar-refractivity contribution is 0.615. The molecule has 1 aromatic heterocycles. The van der Waals surface area contributed by atoms with Crippen LogP contribution in [0, 0.1) is 0 Å². The average Bonchev–Trinajstić information content (AvgIpc) is 2.72. The van der Waals surface area contributed by atoms with E-state index >= 15 is 0 Å². The Balaban J connectivity index is 1.82. The van der Waals surface area contributed by atoms with E-state index in [1.54, 1.807) is 6.20 Å². The van der Waals surface area contributed by atoms with Gasteiger partial charge in [-0.2, -0.15) is 0 Å². The molecule has 1 fully saturated rings. The van der Waals surface area contributed by atoms with Crippen LogP contribution < -0.4 is 5.32 Å². The fourth-order valence-electron chi connectivity index (χ4n) is 1.80. The summed E-state index contributed by atoms with van der Waals surface area (Å²) >= 11 is 0. The minimum absolute atomic E-state index is 0.697. The molecule has 14 heavy (non-hydrogen) atoms. The van der Waals surface area contributed by atoms with Crippen molar-refractivity contribution in [1.29, 1.82) is 0 Å². The van der Waals surface area contributed by atoms with Crippen molar-refractivity contribution in [2.75, 3.05) is 6.54 Å². The van der Waals surface area contributed by atoms with E-state index in [-0.39, 0.29) is 0 Å². The van der Waals surface area contributed by atoms with Crippen molar-refractivity contribution >= 4 is 6.08 Å². The summed E-state index contributed by atoms with van der Waals surface area (Å²) in [5, 5.41) is 3.48. The molecule has 1 saturated heterocycles. The fourth-order valence-corrected chi connectivity index (χ4v) is 1.80. The van der Waals surface area contributed by atoms with E-state index in [9.17, 15) is 0 Å². The number of nitrogens with zero attached hydrogens (tertiary/aromatic N) is 1. The van der Waals surface area contributed by atoms with E-state index in [0.717, 1.165) is 6.42 Å². The molecule has 1 aliphatic rings. The number of rotatable bonds is 3. The van der Waals surface area contributed by atoms with Gasteiger partial charge in [0.05, 0.1) is 0 Å². The van der Waals surface area contributed by atoms with Gasteiger partial charge in [0, 0.05) is 18.4 Å². The van der Waals surface area contributed by atoms with E-state index in [0.29, 0.717) is 6.04 Å². The van der Waals surface area contributed by atoms with Crippen LogP contribution in [-0.2, 0) is 0 Å². The maximum absolute atomic E-state index is 4.07. The number of hydrogen-bond acceptors (Lipinski definition) is 2. The van der Waals surface area contributed by atoms with Crippen LogP contribution >= 0.6 is 0 Å². The van der Waals surface area contributed by atoms with Gasteiger partial charge in [0.25, 0.3) is 0 Å². The molecular weight excluding hydrogens is 172 g/mol. The van der Waals surface area contributed by atoms with Gasteiger partial charge in [-0.05, 0) is 37.4 Å². The third kappa shape index (κ3) is 2.67. The van der Waals surface area contributed by atoms with Crippen LogP contribution in [0.15, 0.2) is 30.6 Å². The highest BCUT2D eigenvalue weighted by atomic mass is 14.9. The highest BCUT2D eigenvalue weighted by molar-refractivity contribution is 5.47. The molecule has 0 spiro atoms. The molecule has 1 atom stereocenters. The molecule has 2 heterocycles. The fraction of sp³-hybridized carbons (Fsp3) is 0.417. The highest BCUT2D eigenvalue weighted by Crippen LogP contribution is 2.10. The molecule has 2 heteroatoms. The Morgan fingerprint density at radius 2 is 2.57 bits per heavy atom. The van der Waals surface area contributed by atoms with Gasteiger partial charge in [-0.15, -0.1) is 0 Å². The maximum Gasteiger partial charge on any atom is 0.0340 e. The third-order valence-electron chi connectivity index (χ3n) is 2.58. The van der Waals surface area contributed by atoms with Crippen molar-refractivity contribution < 1.29 is 0 Å². The van der Waals surface area contributed by atoms with Crippen LogP contribution in [0.4, 0.5) is 0 Å². The van der Waals surface area contributed by atoms with Crippen molar-refractivity contribution in [3.8, 4) is 0 Å². The Morgan fingerprint density at radius 1 is 1.57 bits per heavy atom. The van der Waals surface area contributed by atoms with Gasteiger partial charge in [0.2, 0.25) is 0 Å². The molecule has 0 bridgehead atoms. The predicted octanol–water partition coefficient (Wildman–Crippen LogP) is 2.24. The van der Waals surface area contributed by atoms with Gasteiger partial charge in [-0.3, -0.25) is 4.98 Å². The molecule has 2 rings (SSSR count). The minimum Gasteiger partial charge on any atom is -0.314 e. The van der Waals surface area contributed by atoms with Gasteiger partial charge in [0.15, 0.2) is 0 Å². The van der Waals surface area contributed by atoms with Crippen molar-refractivity contribution in [2.45, 2.75) is 25.3 Å². The molecule has 0 amide bonds. The first-order chi connectivity index (χ1) is 6.95. The lowest BCUT2D eigenvalue weighted by Gasteiger charge is -2.04. The second-order valence-electron chi connectivity index (χ2n) is 3.72. The molecule has 0 unspecified atom stereocenters. The molecule has 0 aliphatic carbocycles. The maximum atomic E-state index is 4.07. The van der Waals surface area contributed by atoms with Crippen LogP contribution in [0.1, 0.15) is 24.8 Å². The van der Waals surface area contributed by atoms with E-state index < -0.39 is 0 Å². The summed E-state index contributed by atoms with van der Waals surface area (Å²) in [6.07, 6.45) is 11.8. The minimum atomic E-state index is 0.697. The topological polar surface area (TPSA) is 24.9 Å². The average molecular weight is 188 g/mol. The van der Waals surface area contributed by atoms with E-state index in [1.165, 1.54) is 24.9 Å². The Labute approximate surface area is 85.1 Å².